The minimum absolute atomic E-state index is 0.200. The third-order valence-electron chi connectivity index (χ3n) is 1.01. The molecule has 2 N–H and O–H groups in total. The Kier molecular flexibility index (Phi) is 5.42. The van der Waals surface area contributed by atoms with Crippen molar-refractivity contribution >= 4 is 12.1 Å². The van der Waals surface area contributed by atoms with Gasteiger partial charge in [-0.1, -0.05) is 6.58 Å². The summed E-state index contributed by atoms with van der Waals surface area (Å²) in [5.74, 6) is -0.495. The number of rotatable bonds is 5. The molecule has 0 rings (SSSR count). The third kappa shape index (κ3) is 6.60. The number of ether oxygens (including phenoxy) is 1. The summed E-state index contributed by atoms with van der Waals surface area (Å²) in [6, 6.07) is 0. The van der Waals surface area contributed by atoms with Crippen LogP contribution in [0.4, 0.5) is 4.79 Å². The van der Waals surface area contributed by atoms with Crippen molar-refractivity contribution in [3.05, 3.63) is 12.7 Å². The van der Waals surface area contributed by atoms with Gasteiger partial charge in [-0.3, -0.25) is 0 Å². The van der Waals surface area contributed by atoms with Crippen LogP contribution in [0.25, 0.3) is 0 Å². The van der Waals surface area contributed by atoms with E-state index in [0.29, 0.717) is 6.42 Å². The molecule has 0 aromatic rings. The third-order valence-corrected chi connectivity index (χ3v) is 1.01. The summed E-state index contributed by atoms with van der Waals surface area (Å²) in [5, 5.41) is 10.3. The van der Waals surface area contributed by atoms with Crippen LogP contribution >= 0.6 is 0 Å². The van der Waals surface area contributed by atoms with Crippen molar-refractivity contribution in [2.45, 2.75) is 6.42 Å². The van der Waals surface area contributed by atoms with E-state index in [0.717, 1.165) is 6.08 Å². The summed E-state index contributed by atoms with van der Waals surface area (Å²) < 4.78 is 4.58. The quantitative estimate of drug-likeness (QED) is 0.358. The van der Waals surface area contributed by atoms with Gasteiger partial charge in [-0.15, -0.1) is 0 Å². The van der Waals surface area contributed by atoms with Gasteiger partial charge < -0.3 is 15.2 Å². The van der Waals surface area contributed by atoms with Crippen LogP contribution in [0.15, 0.2) is 12.7 Å². The zero-order chi connectivity index (χ0) is 9.40. The lowest BCUT2D eigenvalue weighted by Gasteiger charge is -2.01. The van der Waals surface area contributed by atoms with Crippen LogP contribution in [0.5, 0.6) is 0 Å². The number of carbonyl (C=O) groups is 2. The Balaban J connectivity index is 3.16. The van der Waals surface area contributed by atoms with E-state index in [4.69, 9.17) is 5.11 Å². The first-order valence-electron chi connectivity index (χ1n) is 3.43. The number of nitrogens with one attached hydrogen (secondary N) is 1. The van der Waals surface area contributed by atoms with Crippen LogP contribution < -0.4 is 5.32 Å². The molecule has 0 bridgehead atoms. The van der Waals surface area contributed by atoms with Crippen molar-refractivity contribution in [3.8, 4) is 0 Å². The van der Waals surface area contributed by atoms with Gasteiger partial charge in [-0.25, -0.2) is 9.59 Å². The second-order valence-electron chi connectivity index (χ2n) is 1.96. The van der Waals surface area contributed by atoms with Crippen molar-refractivity contribution in [1.82, 2.24) is 5.32 Å². The summed E-state index contributed by atoms with van der Waals surface area (Å²) in [6.45, 7) is 3.68. The van der Waals surface area contributed by atoms with E-state index < -0.39 is 12.1 Å². The van der Waals surface area contributed by atoms with Gasteiger partial charge in [0.1, 0.15) is 0 Å². The van der Waals surface area contributed by atoms with Crippen LogP contribution in [0.1, 0.15) is 6.42 Å². The molecule has 0 saturated carbocycles. The van der Waals surface area contributed by atoms with Crippen LogP contribution in [-0.2, 0) is 9.53 Å². The maximum Gasteiger partial charge on any atom is 0.404 e. The van der Waals surface area contributed by atoms with Gasteiger partial charge >= 0.3 is 12.1 Å². The molecular weight excluding hydrogens is 162 g/mol. The molecular formula is C7H11NO4. The number of esters is 1. The van der Waals surface area contributed by atoms with Crippen LogP contribution in [0.2, 0.25) is 0 Å². The number of hydrogen-bond donors (Lipinski definition) is 2. The molecule has 0 spiro atoms. The molecule has 0 aromatic carbocycles. The molecule has 0 aliphatic rings. The van der Waals surface area contributed by atoms with Gasteiger partial charge in [0, 0.05) is 12.6 Å². The molecule has 0 radical (unpaired) electrons. The highest BCUT2D eigenvalue weighted by Crippen LogP contribution is 1.83. The summed E-state index contributed by atoms with van der Waals surface area (Å²) in [4.78, 5) is 20.3. The largest absolute Gasteiger partial charge is 0.465 e. The average molecular weight is 173 g/mol. The minimum Gasteiger partial charge on any atom is -0.465 e. The molecule has 68 valence electrons. The highest BCUT2D eigenvalue weighted by atomic mass is 16.5. The number of hydrogen-bond acceptors (Lipinski definition) is 3. The molecule has 0 aliphatic heterocycles. The molecule has 0 aliphatic carbocycles. The summed E-state index contributed by atoms with van der Waals surface area (Å²) in [6.07, 6.45) is 0.446. The minimum atomic E-state index is -1.08. The Morgan fingerprint density at radius 2 is 2.25 bits per heavy atom. The predicted molar refractivity (Wildman–Crippen MR) is 41.8 cm³/mol. The van der Waals surface area contributed by atoms with Crippen LogP contribution in [0.3, 0.4) is 0 Å². The second-order valence-corrected chi connectivity index (χ2v) is 1.96. The van der Waals surface area contributed by atoms with Gasteiger partial charge in [0.2, 0.25) is 0 Å². The lowest BCUT2D eigenvalue weighted by molar-refractivity contribution is -0.137. The molecule has 12 heavy (non-hydrogen) atoms. The molecule has 0 heterocycles. The van der Waals surface area contributed by atoms with Gasteiger partial charge in [-0.2, -0.15) is 0 Å². The molecule has 0 saturated heterocycles. The summed E-state index contributed by atoms with van der Waals surface area (Å²) >= 11 is 0. The van der Waals surface area contributed by atoms with E-state index in [2.05, 4.69) is 16.6 Å². The van der Waals surface area contributed by atoms with Gasteiger partial charge in [-0.05, 0) is 6.42 Å². The Bertz CT molecular complexity index is 178. The molecule has 5 heteroatoms. The van der Waals surface area contributed by atoms with Crippen LogP contribution in [-0.4, -0.2) is 30.3 Å². The molecule has 0 aromatic heterocycles. The Hall–Kier alpha value is -1.52. The standard InChI is InChI=1S/C7H11NO4/c1-2-6(9)12-5-3-4-8-7(10)11/h2,8H,1,3-5H2,(H,10,11). The summed E-state index contributed by atoms with van der Waals surface area (Å²) in [5.41, 5.74) is 0. The van der Waals surface area contributed by atoms with Gasteiger partial charge in [0.25, 0.3) is 0 Å². The normalized spacial score (nSPS) is 8.67. The van der Waals surface area contributed by atoms with Crippen molar-refractivity contribution in [2.24, 2.45) is 0 Å². The number of carbonyl (C=O) groups excluding carboxylic acids is 1. The molecule has 0 atom stereocenters. The fourth-order valence-electron chi connectivity index (χ4n) is 0.499. The zero-order valence-corrected chi connectivity index (χ0v) is 6.58. The fraction of sp³-hybridized carbons (Fsp3) is 0.429. The van der Waals surface area contributed by atoms with Crippen LogP contribution in [0, 0.1) is 0 Å². The highest BCUT2D eigenvalue weighted by Gasteiger charge is 1.96. The maximum atomic E-state index is 10.4. The van der Waals surface area contributed by atoms with Crippen molar-refractivity contribution in [1.29, 1.82) is 0 Å². The van der Waals surface area contributed by atoms with E-state index in [1.54, 1.807) is 0 Å². The Morgan fingerprint density at radius 3 is 2.75 bits per heavy atom. The number of carboxylic acid groups (broad SMARTS) is 1. The first-order valence-corrected chi connectivity index (χ1v) is 3.43. The topological polar surface area (TPSA) is 75.6 Å². The van der Waals surface area contributed by atoms with E-state index in [-0.39, 0.29) is 13.2 Å². The first-order chi connectivity index (χ1) is 5.66. The summed E-state index contributed by atoms with van der Waals surface area (Å²) in [7, 11) is 0. The van der Waals surface area contributed by atoms with E-state index in [9.17, 15) is 9.59 Å². The second kappa shape index (κ2) is 6.21. The van der Waals surface area contributed by atoms with E-state index in [1.165, 1.54) is 0 Å². The van der Waals surface area contributed by atoms with Gasteiger partial charge in [0.05, 0.1) is 6.61 Å². The van der Waals surface area contributed by atoms with E-state index >= 15 is 0 Å². The predicted octanol–water partition coefficient (Wildman–Crippen LogP) is 0.373. The van der Waals surface area contributed by atoms with Gasteiger partial charge in [0.15, 0.2) is 0 Å². The first kappa shape index (κ1) is 10.5. The SMILES string of the molecule is C=CC(=O)OCCCNC(=O)O. The maximum absolute atomic E-state index is 10.4. The van der Waals surface area contributed by atoms with Crippen molar-refractivity contribution < 1.29 is 19.4 Å². The molecule has 0 fully saturated rings. The van der Waals surface area contributed by atoms with E-state index in [1.807, 2.05) is 0 Å². The molecule has 1 amide bonds. The molecule has 5 nitrogen and oxygen atoms in total. The Morgan fingerprint density at radius 1 is 1.58 bits per heavy atom. The zero-order valence-electron chi connectivity index (χ0n) is 6.58. The fourth-order valence-corrected chi connectivity index (χ4v) is 0.499. The Labute approximate surface area is 70.0 Å². The van der Waals surface area contributed by atoms with Crippen molar-refractivity contribution in [2.75, 3.05) is 13.2 Å². The number of amides is 1. The lowest BCUT2D eigenvalue weighted by Crippen LogP contribution is -2.23. The monoisotopic (exact) mass is 173 g/mol. The molecule has 0 unspecified atom stereocenters. The smallest absolute Gasteiger partial charge is 0.404 e. The van der Waals surface area contributed by atoms with Crippen molar-refractivity contribution in [3.63, 3.8) is 0 Å². The highest BCUT2D eigenvalue weighted by molar-refractivity contribution is 5.81. The lowest BCUT2D eigenvalue weighted by atomic mass is 10.4. The average Bonchev–Trinajstić information content (AvgIpc) is 2.03.